The van der Waals surface area contributed by atoms with Crippen molar-refractivity contribution in [1.29, 1.82) is 0 Å². The van der Waals surface area contributed by atoms with Crippen LogP contribution >= 0.6 is 0 Å². The van der Waals surface area contributed by atoms with E-state index in [0.717, 1.165) is 17.4 Å². The highest BCUT2D eigenvalue weighted by molar-refractivity contribution is 5.85. The van der Waals surface area contributed by atoms with Crippen LogP contribution in [0.25, 0.3) is 5.52 Å². The number of fused-ring (bicyclic) bond motifs is 1. The zero-order valence-corrected chi connectivity index (χ0v) is 6.69. The van der Waals surface area contributed by atoms with Crippen molar-refractivity contribution in [2.75, 3.05) is 0 Å². The van der Waals surface area contributed by atoms with Gasteiger partial charge in [-0.3, -0.25) is 4.79 Å². The van der Waals surface area contributed by atoms with Gasteiger partial charge in [0.05, 0.1) is 17.3 Å². The Morgan fingerprint density at radius 2 is 2.33 bits per heavy atom. The van der Waals surface area contributed by atoms with Gasteiger partial charge in [0.15, 0.2) is 6.29 Å². The number of pyridine rings is 1. The molecule has 0 N–H and O–H groups in total. The highest BCUT2D eigenvalue weighted by Crippen LogP contribution is 2.08. The van der Waals surface area contributed by atoms with E-state index in [-0.39, 0.29) is 0 Å². The van der Waals surface area contributed by atoms with Crippen molar-refractivity contribution in [1.82, 2.24) is 9.61 Å². The van der Waals surface area contributed by atoms with Gasteiger partial charge in [-0.1, -0.05) is 6.07 Å². The first-order chi connectivity index (χ1) is 5.81. The molecule has 0 unspecified atom stereocenters. The van der Waals surface area contributed by atoms with E-state index in [4.69, 9.17) is 0 Å². The van der Waals surface area contributed by atoms with Crippen LogP contribution in [0.15, 0.2) is 24.5 Å². The summed E-state index contributed by atoms with van der Waals surface area (Å²) in [6.45, 7) is 1.99. The van der Waals surface area contributed by atoms with Crippen molar-refractivity contribution in [3.05, 3.63) is 35.7 Å². The van der Waals surface area contributed by atoms with Crippen LogP contribution in [0.4, 0.5) is 0 Å². The van der Waals surface area contributed by atoms with Crippen molar-refractivity contribution in [2.45, 2.75) is 6.92 Å². The quantitative estimate of drug-likeness (QED) is 0.592. The molecule has 0 saturated heterocycles. The molecule has 0 aliphatic carbocycles. The van der Waals surface area contributed by atoms with Crippen LogP contribution < -0.4 is 0 Å². The second-order valence-electron chi connectivity index (χ2n) is 2.75. The van der Waals surface area contributed by atoms with E-state index < -0.39 is 0 Å². The number of hydrogen-bond acceptors (Lipinski definition) is 2. The minimum atomic E-state index is 0.634. The molecule has 60 valence electrons. The summed E-state index contributed by atoms with van der Waals surface area (Å²) in [6, 6.07) is 3.86. The van der Waals surface area contributed by atoms with Gasteiger partial charge >= 0.3 is 0 Å². The Kier molecular flexibility index (Phi) is 1.43. The van der Waals surface area contributed by atoms with Crippen LogP contribution in [-0.2, 0) is 0 Å². The van der Waals surface area contributed by atoms with Crippen LogP contribution in [0.1, 0.15) is 15.9 Å². The topological polar surface area (TPSA) is 34.4 Å². The Balaban J connectivity index is 2.81. The molecule has 0 fully saturated rings. The van der Waals surface area contributed by atoms with Crippen molar-refractivity contribution in [2.24, 2.45) is 0 Å². The monoisotopic (exact) mass is 160 g/mol. The normalized spacial score (nSPS) is 10.4. The molecule has 3 nitrogen and oxygen atoms in total. The molecule has 0 atom stereocenters. The molecule has 2 aromatic heterocycles. The van der Waals surface area contributed by atoms with E-state index in [1.807, 2.05) is 25.3 Å². The molecule has 2 heterocycles. The predicted octanol–water partition coefficient (Wildman–Crippen LogP) is 1.46. The fourth-order valence-corrected chi connectivity index (χ4v) is 1.20. The van der Waals surface area contributed by atoms with Gasteiger partial charge in [0.1, 0.15) is 0 Å². The molecule has 0 radical (unpaired) electrons. The average Bonchev–Trinajstić information content (AvgIpc) is 2.46. The van der Waals surface area contributed by atoms with Crippen LogP contribution in [0.5, 0.6) is 0 Å². The SMILES string of the molecule is Cc1ccc2c(C=O)cnn2c1. The van der Waals surface area contributed by atoms with Crippen molar-refractivity contribution in [3.8, 4) is 0 Å². The molecular weight excluding hydrogens is 152 g/mol. The molecule has 0 aromatic carbocycles. The number of carbonyl (C=O) groups excluding carboxylic acids is 1. The molecule has 0 saturated carbocycles. The summed E-state index contributed by atoms with van der Waals surface area (Å²) >= 11 is 0. The van der Waals surface area contributed by atoms with Crippen LogP contribution in [0.2, 0.25) is 0 Å². The maximum atomic E-state index is 10.5. The van der Waals surface area contributed by atoms with E-state index in [1.165, 1.54) is 0 Å². The van der Waals surface area contributed by atoms with Crippen LogP contribution in [0.3, 0.4) is 0 Å². The molecule has 0 aliphatic heterocycles. The number of hydrogen-bond donors (Lipinski definition) is 0. The minimum absolute atomic E-state index is 0.634. The Bertz CT molecular complexity index is 431. The van der Waals surface area contributed by atoms with Gasteiger partial charge in [-0.2, -0.15) is 5.10 Å². The fourth-order valence-electron chi connectivity index (χ4n) is 1.20. The minimum Gasteiger partial charge on any atom is -0.298 e. The maximum absolute atomic E-state index is 10.5. The lowest BCUT2D eigenvalue weighted by molar-refractivity contribution is 0.112. The maximum Gasteiger partial charge on any atom is 0.153 e. The highest BCUT2D eigenvalue weighted by Gasteiger charge is 2.00. The predicted molar refractivity (Wildman–Crippen MR) is 45.3 cm³/mol. The number of aromatic nitrogens is 2. The lowest BCUT2D eigenvalue weighted by Gasteiger charge is -1.94. The third-order valence-corrected chi connectivity index (χ3v) is 1.82. The molecule has 3 heteroatoms. The number of aldehydes is 1. The Hall–Kier alpha value is -1.64. The number of aryl methyl sites for hydroxylation is 1. The zero-order valence-electron chi connectivity index (χ0n) is 6.69. The highest BCUT2D eigenvalue weighted by atomic mass is 16.1. The standard InChI is InChI=1S/C9H8N2O/c1-7-2-3-9-8(6-12)4-10-11(9)5-7/h2-6H,1H3. The Labute approximate surface area is 69.6 Å². The zero-order chi connectivity index (χ0) is 8.55. The van der Waals surface area contributed by atoms with Gasteiger partial charge in [-0.25, -0.2) is 4.52 Å². The third-order valence-electron chi connectivity index (χ3n) is 1.82. The molecule has 0 aliphatic rings. The summed E-state index contributed by atoms with van der Waals surface area (Å²) in [5.41, 5.74) is 2.62. The lowest BCUT2D eigenvalue weighted by atomic mass is 10.2. The average molecular weight is 160 g/mol. The molecular formula is C9H8N2O. The summed E-state index contributed by atoms with van der Waals surface area (Å²) in [6.07, 6.45) is 4.28. The van der Waals surface area contributed by atoms with Gasteiger partial charge in [-0.15, -0.1) is 0 Å². The fraction of sp³-hybridized carbons (Fsp3) is 0.111. The summed E-state index contributed by atoms with van der Waals surface area (Å²) in [4.78, 5) is 10.5. The molecule has 2 rings (SSSR count). The molecule has 0 spiro atoms. The first kappa shape index (κ1) is 7.03. The third kappa shape index (κ3) is 0.906. The summed E-state index contributed by atoms with van der Waals surface area (Å²) in [5.74, 6) is 0. The van der Waals surface area contributed by atoms with E-state index in [2.05, 4.69) is 5.10 Å². The van der Waals surface area contributed by atoms with Crippen molar-refractivity contribution < 1.29 is 4.79 Å². The van der Waals surface area contributed by atoms with Crippen molar-refractivity contribution in [3.63, 3.8) is 0 Å². The van der Waals surface area contributed by atoms with Gasteiger partial charge in [-0.05, 0) is 18.6 Å². The van der Waals surface area contributed by atoms with Gasteiger partial charge in [0, 0.05) is 6.20 Å². The van der Waals surface area contributed by atoms with E-state index >= 15 is 0 Å². The number of carbonyl (C=O) groups is 1. The van der Waals surface area contributed by atoms with E-state index in [0.29, 0.717) is 5.56 Å². The second kappa shape index (κ2) is 2.44. The molecule has 0 bridgehead atoms. The molecule has 2 aromatic rings. The number of nitrogens with zero attached hydrogens (tertiary/aromatic N) is 2. The van der Waals surface area contributed by atoms with Gasteiger partial charge in [0.2, 0.25) is 0 Å². The second-order valence-corrected chi connectivity index (χ2v) is 2.75. The smallest absolute Gasteiger partial charge is 0.153 e. The Morgan fingerprint density at radius 1 is 1.50 bits per heavy atom. The van der Waals surface area contributed by atoms with Crippen molar-refractivity contribution >= 4 is 11.8 Å². The summed E-state index contributed by atoms with van der Waals surface area (Å²) in [5, 5.41) is 4.04. The largest absolute Gasteiger partial charge is 0.298 e. The Morgan fingerprint density at radius 3 is 3.08 bits per heavy atom. The van der Waals surface area contributed by atoms with Crippen LogP contribution in [0, 0.1) is 6.92 Å². The lowest BCUT2D eigenvalue weighted by Crippen LogP contribution is -1.87. The van der Waals surface area contributed by atoms with E-state index in [1.54, 1.807) is 10.7 Å². The first-order valence-electron chi connectivity index (χ1n) is 3.70. The van der Waals surface area contributed by atoms with E-state index in [9.17, 15) is 4.79 Å². The first-order valence-corrected chi connectivity index (χ1v) is 3.70. The van der Waals surface area contributed by atoms with Gasteiger partial charge < -0.3 is 0 Å². The summed E-state index contributed by atoms with van der Waals surface area (Å²) < 4.78 is 1.71. The van der Waals surface area contributed by atoms with Gasteiger partial charge in [0.25, 0.3) is 0 Å². The molecule has 12 heavy (non-hydrogen) atoms. The van der Waals surface area contributed by atoms with Crippen LogP contribution in [-0.4, -0.2) is 15.9 Å². The summed E-state index contributed by atoms with van der Waals surface area (Å²) in [7, 11) is 0. The molecule has 0 amide bonds. The number of rotatable bonds is 1.